The average Bonchev–Trinajstić information content (AvgIpc) is 3.04. The molecule has 48 heavy (non-hydrogen) atoms. The molecule has 0 aliphatic carbocycles. The number of pyridine rings is 1. The van der Waals surface area contributed by atoms with Crippen molar-refractivity contribution in [1.29, 1.82) is 0 Å². The molecule has 0 bridgehead atoms. The van der Waals surface area contributed by atoms with Crippen molar-refractivity contribution < 1.29 is 32.3 Å². The Bertz CT molecular complexity index is 1520. The third-order valence-electron chi connectivity index (χ3n) is 6.87. The Labute approximate surface area is 282 Å². The zero-order valence-electron chi connectivity index (χ0n) is 27.1. The van der Waals surface area contributed by atoms with Gasteiger partial charge in [-0.1, -0.05) is 57.8 Å². The lowest BCUT2D eigenvalue weighted by molar-refractivity contribution is -0.154. The number of rotatable bonds is 16. The lowest BCUT2D eigenvalue weighted by Crippen LogP contribution is -2.48. The molecule has 3 rings (SSSR count). The molecule has 0 fully saturated rings. The second kappa shape index (κ2) is 17.5. The molecule has 0 aliphatic rings. The molecule has 0 radical (unpaired) electrons. The first kappa shape index (κ1) is 37.8. The summed E-state index contributed by atoms with van der Waals surface area (Å²) < 4.78 is 43.1. The summed E-state index contributed by atoms with van der Waals surface area (Å²) in [5, 5.41) is 14.6. The molecule has 0 aliphatic heterocycles. The molecule has 16 heteroatoms. The van der Waals surface area contributed by atoms with Crippen molar-refractivity contribution in [2.45, 2.75) is 65.7 Å². The van der Waals surface area contributed by atoms with Gasteiger partial charge in [-0.05, 0) is 48.1 Å². The third kappa shape index (κ3) is 13.2. The SMILES string of the molecule is CCCC(CC)NC(=O)C(=O)NCC(C)(C)CNC(=O)c1ccc(Nc2cc(NCc3ccc(Cl)cc3)nc(OCC(F)(F)F)n2)nc1. The maximum absolute atomic E-state index is 12.8. The first-order valence-corrected chi connectivity index (χ1v) is 15.7. The molecule has 1 aromatic carbocycles. The van der Waals surface area contributed by atoms with Crippen LogP contribution in [0.15, 0.2) is 48.7 Å². The Morgan fingerprint density at radius 2 is 1.60 bits per heavy atom. The second-order valence-electron chi connectivity index (χ2n) is 11.8. The molecule has 3 amide bonds. The number of anilines is 3. The minimum Gasteiger partial charge on any atom is -0.454 e. The molecule has 2 aromatic heterocycles. The van der Waals surface area contributed by atoms with Crippen LogP contribution in [-0.2, 0) is 16.1 Å². The van der Waals surface area contributed by atoms with Crippen LogP contribution in [0.2, 0.25) is 5.02 Å². The summed E-state index contributed by atoms with van der Waals surface area (Å²) in [5.41, 5.74) is 0.513. The zero-order chi connectivity index (χ0) is 35.3. The summed E-state index contributed by atoms with van der Waals surface area (Å²) >= 11 is 5.92. The van der Waals surface area contributed by atoms with Crippen LogP contribution in [0.3, 0.4) is 0 Å². The van der Waals surface area contributed by atoms with Gasteiger partial charge in [-0.25, -0.2) is 4.98 Å². The quantitative estimate of drug-likeness (QED) is 0.124. The fraction of sp³-hybridized carbons (Fsp3) is 0.438. The van der Waals surface area contributed by atoms with E-state index in [1.54, 1.807) is 24.3 Å². The highest BCUT2D eigenvalue weighted by molar-refractivity contribution is 6.35. The van der Waals surface area contributed by atoms with Crippen molar-refractivity contribution >= 4 is 46.8 Å². The number of aromatic nitrogens is 3. The molecular weight excluding hydrogens is 653 g/mol. The molecule has 12 nitrogen and oxygen atoms in total. The van der Waals surface area contributed by atoms with Crippen molar-refractivity contribution in [3.63, 3.8) is 0 Å². The van der Waals surface area contributed by atoms with E-state index in [0.717, 1.165) is 24.8 Å². The predicted molar refractivity (Wildman–Crippen MR) is 176 cm³/mol. The minimum atomic E-state index is -4.59. The smallest absolute Gasteiger partial charge is 0.422 e. The second-order valence-corrected chi connectivity index (χ2v) is 12.2. The van der Waals surface area contributed by atoms with Gasteiger partial charge in [0.05, 0.1) is 5.56 Å². The van der Waals surface area contributed by atoms with Gasteiger partial charge in [0.1, 0.15) is 17.5 Å². The summed E-state index contributed by atoms with van der Waals surface area (Å²) in [6.07, 6.45) is -0.875. The monoisotopic (exact) mass is 692 g/mol. The Kier molecular flexibility index (Phi) is 13.8. The van der Waals surface area contributed by atoms with Crippen LogP contribution >= 0.6 is 11.6 Å². The van der Waals surface area contributed by atoms with E-state index in [0.29, 0.717) is 11.6 Å². The molecule has 0 saturated carbocycles. The van der Waals surface area contributed by atoms with Gasteiger partial charge in [0, 0.05) is 43.0 Å². The van der Waals surface area contributed by atoms with Crippen molar-refractivity contribution in [2.75, 3.05) is 30.3 Å². The van der Waals surface area contributed by atoms with Gasteiger partial charge >= 0.3 is 24.0 Å². The highest BCUT2D eigenvalue weighted by atomic mass is 35.5. The Balaban J connectivity index is 1.58. The fourth-order valence-electron chi connectivity index (χ4n) is 4.18. The number of nitrogens with one attached hydrogen (secondary N) is 5. The summed E-state index contributed by atoms with van der Waals surface area (Å²) in [6, 6.07) is 10.9. The van der Waals surface area contributed by atoms with E-state index < -0.39 is 41.9 Å². The first-order valence-electron chi connectivity index (χ1n) is 15.3. The zero-order valence-corrected chi connectivity index (χ0v) is 27.9. The fourth-order valence-corrected chi connectivity index (χ4v) is 4.31. The van der Waals surface area contributed by atoms with Gasteiger partial charge in [-0.2, -0.15) is 23.1 Å². The number of halogens is 4. The number of nitrogens with zero attached hydrogens (tertiary/aromatic N) is 3. The van der Waals surface area contributed by atoms with E-state index in [-0.39, 0.29) is 42.1 Å². The number of carbonyl (C=O) groups excluding carboxylic acids is 3. The van der Waals surface area contributed by atoms with Crippen LogP contribution in [0.1, 0.15) is 62.9 Å². The minimum absolute atomic E-state index is 0.0632. The standard InChI is InChI=1S/C32H40ClF3N8O4/c1-5-7-23(6-2)41-29(47)28(46)40-18-31(3,4)17-39-27(45)21-10-13-24(38-16-21)42-26-14-25(37-15-20-8-11-22(33)12-9-20)43-30(44-26)48-19-32(34,35)36/h8-14,16,23H,5-7,15,17-19H2,1-4H3,(H,39,45)(H,40,46)(H,41,47)(H2,37,38,42,43,44). The molecule has 1 atom stereocenters. The van der Waals surface area contributed by atoms with E-state index in [1.165, 1.54) is 24.4 Å². The lowest BCUT2D eigenvalue weighted by atomic mass is 9.93. The van der Waals surface area contributed by atoms with Crippen molar-refractivity contribution in [1.82, 2.24) is 30.9 Å². The Hall–Kier alpha value is -4.66. The normalized spacial score (nSPS) is 12.1. The predicted octanol–water partition coefficient (Wildman–Crippen LogP) is 5.39. The largest absolute Gasteiger partial charge is 0.454 e. The lowest BCUT2D eigenvalue weighted by Gasteiger charge is -2.25. The molecule has 2 heterocycles. The van der Waals surface area contributed by atoms with Crippen LogP contribution in [0, 0.1) is 5.41 Å². The summed E-state index contributed by atoms with van der Waals surface area (Å²) in [4.78, 5) is 49.6. The maximum Gasteiger partial charge on any atom is 0.422 e. The van der Waals surface area contributed by atoms with E-state index in [9.17, 15) is 27.6 Å². The maximum atomic E-state index is 12.8. The van der Waals surface area contributed by atoms with Gasteiger partial charge in [0.25, 0.3) is 5.91 Å². The van der Waals surface area contributed by atoms with Gasteiger partial charge in [0.15, 0.2) is 6.61 Å². The molecule has 3 aromatic rings. The Morgan fingerprint density at radius 1 is 0.917 bits per heavy atom. The highest BCUT2D eigenvalue weighted by Gasteiger charge is 2.29. The first-order chi connectivity index (χ1) is 22.7. The number of hydrogen-bond acceptors (Lipinski definition) is 9. The van der Waals surface area contributed by atoms with Crippen LogP contribution in [0.4, 0.5) is 30.6 Å². The van der Waals surface area contributed by atoms with Crippen LogP contribution in [0.25, 0.3) is 0 Å². The van der Waals surface area contributed by atoms with Crippen LogP contribution in [-0.4, -0.2) is 64.6 Å². The molecule has 260 valence electrons. The van der Waals surface area contributed by atoms with E-state index in [1.807, 2.05) is 27.7 Å². The van der Waals surface area contributed by atoms with Crippen molar-refractivity contribution in [3.8, 4) is 6.01 Å². The Morgan fingerprint density at radius 3 is 2.23 bits per heavy atom. The average molecular weight is 693 g/mol. The van der Waals surface area contributed by atoms with Gasteiger partial charge in [-0.3, -0.25) is 14.4 Å². The van der Waals surface area contributed by atoms with Gasteiger partial charge < -0.3 is 31.3 Å². The third-order valence-corrected chi connectivity index (χ3v) is 7.12. The summed E-state index contributed by atoms with van der Waals surface area (Å²) in [7, 11) is 0. The van der Waals surface area contributed by atoms with Gasteiger partial charge in [-0.15, -0.1) is 0 Å². The molecule has 5 N–H and O–H groups in total. The number of benzene rings is 1. The number of hydrogen-bond donors (Lipinski definition) is 5. The number of ether oxygens (including phenoxy) is 1. The van der Waals surface area contributed by atoms with E-state index in [2.05, 4.69) is 41.5 Å². The molecule has 1 unspecified atom stereocenters. The highest BCUT2D eigenvalue weighted by Crippen LogP contribution is 2.23. The number of carbonyl (C=O) groups is 3. The molecule has 0 saturated heterocycles. The number of alkyl halides is 3. The van der Waals surface area contributed by atoms with E-state index >= 15 is 0 Å². The van der Waals surface area contributed by atoms with Crippen molar-refractivity contribution in [3.05, 3.63) is 64.8 Å². The molecular formula is C32H40ClF3N8O4. The van der Waals surface area contributed by atoms with E-state index in [4.69, 9.17) is 16.3 Å². The van der Waals surface area contributed by atoms with Gasteiger partial charge in [0.2, 0.25) is 0 Å². The topological polar surface area (TPSA) is 159 Å². The summed E-state index contributed by atoms with van der Waals surface area (Å²) in [5.74, 6) is -1.30. The van der Waals surface area contributed by atoms with Crippen LogP contribution in [0.5, 0.6) is 6.01 Å². The van der Waals surface area contributed by atoms with Crippen molar-refractivity contribution in [2.24, 2.45) is 5.41 Å². The molecule has 0 spiro atoms. The number of amides is 3. The summed E-state index contributed by atoms with van der Waals surface area (Å²) in [6.45, 7) is 6.66. The van der Waals surface area contributed by atoms with Crippen LogP contribution < -0.4 is 31.3 Å².